The van der Waals surface area contributed by atoms with E-state index in [-0.39, 0.29) is 24.3 Å². The second-order valence-corrected chi connectivity index (χ2v) is 18.7. The molecule has 0 radical (unpaired) electrons. The molecule has 0 aromatic rings. The molecule has 0 aliphatic carbocycles. The van der Waals surface area contributed by atoms with Crippen molar-refractivity contribution in [1.82, 2.24) is 0 Å². The normalized spacial score (nSPS) is 25.9. The minimum absolute atomic E-state index is 0.0116. The van der Waals surface area contributed by atoms with Gasteiger partial charge in [0.2, 0.25) is 6.29 Å². The van der Waals surface area contributed by atoms with Gasteiger partial charge in [-0.15, -0.1) is 4.33 Å². The van der Waals surface area contributed by atoms with Crippen LogP contribution in [0, 0.1) is 0 Å². The molecule has 17 heteroatoms. The predicted octanol–water partition coefficient (Wildman–Crippen LogP) is 9.40. The zero-order valence-corrected chi connectivity index (χ0v) is 41.5. The van der Waals surface area contributed by atoms with Crippen molar-refractivity contribution in [2.75, 3.05) is 13.2 Å². The van der Waals surface area contributed by atoms with Crippen LogP contribution >= 0.6 is 12.3 Å². The number of ether oxygens (including phenoxy) is 5. The lowest BCUT2D eigenvalue weighted by atomic mass is 9.97. The molecule has 0 aromatic heterocycles. The molecule has 10 atom stereocenters. The van der Waals surface area contributed by atoms with E-state index in [2.05, 4.69) is 23.2 Å². The van der Waals surface area contributed by atoms with E-state index < -0.39 is 86.6 Å². The van der Waals surface area contributed by atoms with Gasteiger partial charge in [0.15, 0.2) is 36.9 Å². The number of hydrogen-bond acceptors (Lipinski definition) is 17. The SMILES string of the molecule is CCCCCCCCCCCCCCCCCC=C(C)C(=O)OC1C(O)C(CO)OC(OC2OC(CO)C(O)C(O)C2OSOOO)C1OC(=O)CCCCCCCCCCCCCCC. The van der Waals surface area contributed by atoms with Crippen molar-refractivity contribution >= 4 is 24.3 Å². The van der Waals surface area contributed by atoms with Gasteiger partial charge >= 0.3 is 11.9 Å². The molecule has 2 saturated heterocycles. The first-order chi connectivity index (χ1) is 32.1. The van der Waals surface area contributed by atoms with Crippen molar-refractivity contribution in [3.05, 3.63) is 11.6 Å². The third-order valence-corrected chi connectivity index (χ3v) is 13.1. The van der Waals surface area contributed by atoms with E-state index in [0.717, 1.165) is 44.9 Å². The largest absolute Gasteiger partial charge is 0.453 e. The Labute approximate surface area is 400 Å². The second kappa shape index (κ2) is 39.3. The summed E-state index contributed by atoms with van der Waals surface area (Å²) >= 11 is 0.0621. The Morgan fingerprint density at radius 1 is 0.545 bits per heavy atom. The molecule has 10 unspecified atom stereocenters. The standard InChI is InChI=1S/C49H90O16S/c1-4-6-8-10-12-14-16-18-19-20-22-23-25-27-29-31-33-37(3)47(56)61-44-42(54)39(36-51)59-49(62-48-45(63-66-65-64-57)43(55)41(53)38(35-50)58-48)46(44)60-40(52)34-32-30-28-26-24-21-17-15-13-11-9-7-5-2/h33,38-39,41-46,48-51,53-55,57H,4-32,34-36H2,1-3H3. The number of allylic oxidation sites excluding steroid dienone is 1. The van der Waals surface area contributed by atoms with Crippen LogP contribution in [0.4, 0.5) is 0 Å². The minimum Gasteiger partial charge on any atom is -0.453 e. The lowest BCUT2D eigenvalue weighted by Gasteiger charge is -2.46. The van der Waals surface area contributed by atoms with Crippen molar-refractivity contribution < 1.29 is 77.6 Å². The number of aliphatic hydroxyl groups is 5. The third-order valence-electron chi connectivity index (χ3n) is 12.7. The van der Waals surface area contributed by atoms with Crippen molar-refractivity contribution in [2.45, 2.75) is 275 Å². The van der Waals surface area contributed by atoms with Gasteiger partial charge in [-0.25, -0.2) is 10.1 Å². The monoisotopic (exact) mass is 967 g/mol. The topological polar surface area (TPSA) is 229 Å². The molecule has 66 heavy (non-hydrogen) atoms. The first-order valence-electron chi connectivity index (χ1n) is 25.7. The average Bonchev–Trinajstić information content (AvgIpc) is 3.31. The highest BCUT2D eigenvalue weighted by atomic mass is 32.2. The van der Waals surface area contributed by atoms with E-state index in [0.29, 0.717) is 12.8 Å². The van der Waals surface area contributed by atoms with E-state index in [1.54, 1.807) is 13.0 Å². The quantitative estimate of drug-likeness (QED) is 0.00837. The minimum atomic E-state index is -1.76. The second-order valence-electron chi connectivity index (χ2n) is 18.3. The lowest BCUT2D eigenvalue weighted by molar-refractivity contribution is -0.435. The van der Waals surface area contributed by atoms with Gasteiger partial charge in [0.1, 0.15) is 30.5 Å². The summed E-state index contributed by atoms with van der Waals surface area (Å²) in [5.74, 6) is -1.46. The molecule has 16 nitrogen and oxygen atoms in total. The summed E-state index contributed by atoms with van der Waals surface area (Å²) in [5, 5.41) is 65.1. The molecule has 388 valence electrons. The maximum Gasteiger partial charge on any atom is 0.333 e. The first-order valence-corrected chi connectivity index (χ1v) is 26.4. The van der Waals surface area contributed by atoms with Gasteiger partial charge in [0, 0.05) is 12.0 Å². The van der Waals surface area contributed by atoms with Crippen molar-refractivity contribution in [3.8, 4) is 0 Å². The highest BCUT2D eigenvalue weighted by Gasteiger charge is 2.54. The lowest BCUT2D eigenvalue weighted by Crippen LogP contribution is -2.65. The Morgan fingerprint density at radius 3 is 1.42 bits per heavy atom. The number of carbonyl (C=O) groups excluding carboxylic acids is 2. The fraction of sp³-hybridized carbons (Fsp3) is 0.918. The fourth-order valence-corrected chi connectivity index (χ4v) is 8.87. The van der Waals surface area contributed by atoms with Crippen LogP contribution in [0.15, 0.2) is 11.6 Å². The van der Waals surface area contributed by atoms with E-state index in [1.807, 2.05) is 0 Å². The third kappa shape index (κ3) is 25.4. The molecule has 6 N–H and O–H groups in total. The van der Waals surface area contributed by atoms with Crippen LogP contribution in [0.2, 0.25) is 0 Å². The molecule has 0 aromatic carbocycles. The summed E-state index contributed by atoms with van der Waals surface area (Å²) in [7, 11) is 0. The molecule has 2 rings (SSSR count). The Morgan fingerprint density at radius 2 is 0.970 bits per heavy atom. The summed E-state index contributed by atoms with van der Waals surface area (Å²) in [6, 6.07) is 0. The van der Waals surface area contributed by atoms with Crippen LogP contribution < -0.4 is 0 Å². The highest BCUT2D eigenvalue weighted by Crippen LogP contribution is 2.34. The smallest absolute Gasteiger partial charge is 0.333 e. The first kappa shape index (κ1) is 60.7. The van der Waals surface area contributed by atoms with Gasteiger partial charge in [-0.2, -0.15) is 0 Å². The van der Waals surface area contributed by atoms with Crippen molar-refractivity contribution in [1.29, 1.82) is 0 Å². The van der Waals surface area contributed by atoms with Crippen LogP contribution in [-0.4, -0.2) is 117 Å². The molecular weight excluding hydrogens is 877 g/mol. The van der Waals surface area contributed by atoms with E-state index in [9.17, 15) is 35.1 Å². The van der Waals surface area contributed by atoms with Gasteiger partial charge in [-0.3, -0.25) is 8.98 Å². The molecule has 2 aliphatic rings. The fourth-order valence-electron chi connectivity index (χ4n) is 8.52. The molecular formula is C49H90O16S. The van der Waals surface area contributed by atoms with E-state index >= 15 is 0 Å². The van der Waals surface area contributed by atoms with Crippen molar-refractivity contribution in [2.24, 2.45) is 0 Å². The summed E-state index contributed by atoms with van der Waals surface area (Å²) in [4.78, 5) is 27.0. The summed E-state index contributed by atoms with van der Waals surface area (Å²) in [5.41, 5.74) is 0.282. The molecule has 0 spiro atoms. The van der Waals surface area contributed by atoms with E-state index in [4.69, 9.17) is 33.1 Å². The Kier molecular flexibility index (Phi) is 36.1. The Bertz CT molecular complexity index is 1230. The zero-order chi connectivity index (χ0) is 48.2. The van der Waals surface area contributed by atoms with Gasteiger partial charge in [0.05, 0.1) is 13.2 Å². The Hall–Kier alpha value is -1.45. The van der Waals surface area contributed by atoms with Crippen molar-refractivity contribution in [3.63, 3.8) is 0 Å². The number of rotatable bonds is 41. The summed E-state index contributed by atoms with van der Waals surface area (Å²) in [6.45, 7) is 4.56. The van der Waals surface area contributed by atoms with Gasteiger partial charge in [-0.1, -0.05) is 192 Å². The maximum atomic E-state index is 13.6. The number of unbranched alkanes of at least 4 members (excludes halogenated alkanes) is 27. The Balaban J connectivity index is 2.03. The summed E-state index contributed by atoms with van der Waals surface area (Å²) in [6.07, 6.45) is 19.7. The number of hydrogen-bond donors (Lipinski definition) is 6. The molecule has 0 bridgehead atoms. The van der Waals surface area contributed by atoms with Gasteiger partial charge in [0.25, 0.3) is 0 Å². The van der Waals surface area contributed by atoms with Crippen LogP contribution in [0.25, 0.3) is 0 Å². The number of aliphatic hydroxyl groups excluding tert-OH is 5. The van der Waals surface area contributed by atoms with Gasteiger partial charge in [-0.05, 0) is 26.2 Å². The van der Waals surface area contributed by atoms with Gasteiger partial charge < -0.3 is 49.2 Å². The average molecular weight is 967 g/mol. The number of carbonyl (C=O) groups is 2. The predicted molar refractivity (Wildman–Crippen MR) is 251 cm³/mol. The van der Waals surface area contributed by atoms with Crippen LogP contribution in [0.1, 0.15) is 213 Å². The molecule has 2 fully saturated rings. The number of esters is 2. The van der Waals surface area contributed by atoms with Crippen LogP contribution in [-0.2, 0) is 46.8 Å². The summed E-state index contributed by atoms with van der Waals surface area (Å²) < 4.78 is 38.9. The highest BCUT2D eigenvalue weighted by molar-refractivity contribution is 7.89. The van der Waals surface area contributed by atoms with Crippen LogP contribution in [0.5, 0.6) is 0 Å². The molecule has 0 amide bonds. The zero-order valence-electron chi connectivity index (χ0n) is 40.7. The molecule has 2 aliphatic heterocycles. The van der Waals surface area contributed by atoms with Crippen LogP contribution in [0.3, 0.4) is 0 Å². The van der Waals surface area contributed by atoms with E-state index in [1.165, 1.54) is 128 Å². The molecule has 0 saturated carbocycles. The molecule has 2 heterocycles. The maximum absolute atomic E-state index is 13.6.